The van der Waals surface area contributed by atoms with E-state index in [0.717, 1.165) is 6.42 Å². The van der Waals surface area contributed by atoms with Crippen molar-refractivity contribution in [2.24, 2.45) is 0 Å². The fourth-order valence-electron chi connectivity index (χ4n) is 4.34. The number of phenolic OH excluding ortho intramolecular Hbond substituents is 1. The summed E-state index contributed by atoms with van der Waals surface area (Å²) in [6.45, 7) is 3.53. The molecule has 106 valence electrons. The van der Waals surface area contributed by atoms with Crippen molar-refractivity contribution in [3.05, 3.63) is 29.3 Å². The minimum atomic E-state index is 0. The van der Waals surface area contributed by atoms with Crippen LogP contribution in [0.4, 0.5) is 0 Å². The molecule has 1 aromatic carbocycles. The van der Waals surface area contributed by atoms with Gasteiger partial charge in [0.1, 0.15) is 5.75 Å². The van der Waals surface area contributed by atoms with Crippen LogP contribution in [-0.4, -0.2) is 29.6 Å². The van der Waals surface area contributed by atoms with Crippen molar-refractivity contribution in [1.82, 2.24) is 4.90 Å². The molecule has 0 unspecified atom stereocenters. The monoisotopic (exact) mass is 325 g/mol. The number of rotatable bonds is 1. The van der Waals surface area contributed by atoms with Gasteiger partial charge < -0.3 is 10.0 Å². The van der Waals surface area contributed by atoms with Gasteiger partial charge in [0.25, 0.3) is 0 Å². The number of aromatic hydroxyl groups is 1. The highest BCUT2D eigenvalue weighted by Crippen LogP contribution is 2.48. The zero-order valence-electron chi connectivity index (χ0n) is 11.9. The van der Waals surface area contributed by atoms with Gasteiger partial charge in [0.15, 0.2) is 0 Å². The van der Waals surface area contributed by atoms with E-state index in [4.69, 9.17) is 0 Å². The van der Waals surface area contributed by atoms with Crippen LogP contribution >= 0.6 is 17.0 Å². The largest absolute Gasteiger partial charge is 0.508 e. The lowest BCUT2D eigenvalue weighted by molar-refractivity contribution is 0.0706. The first kappa shape index (κ1) is 14.9. The Morgan fingerprint density at radius 2 is 2.21 bits per heavy atom. The highest BCUT2D eigenvalue weighted by Gasteiger charge is 2.46. The standard InChI is InChI=1S/C16H23NO.BrH/c1-3-16-9-4-10-17(2)15(16)8-6-12-5-7-13(18)11-14(12)16;/h5,7,11,15,18H,3-4,6,8-10H2,1-2H3;1H/t15-,16-;/m0./s1. The maximum atomic E-state index is 9.84. The number of halogens is 1. The van der Waals surface area contributed by atoms with Gasteiger partial charge in [0.05, 0.1) is 0 Å². The van der Waals surface area contributed by atoms with Gasteiger partial charge in [-0.15, -0.1) is 17.0 Å². The molecule has 0 radical (unpaired) electrons. The molecule has 2 atom stereocenters. The number of aryl methyl sites for hydroxylation is 1. The van der Waals surface area contributed by atoms with Crippen LogP contribution in [0.2, 0.25) is 0 Å². The first-order valence-electron chi connectivity index (χ1n) is 7.20. The van der Waals surface area contributed by atoms with Crippen molar-refractivity contribution in [1.29, 1.82) is 0 Å². The molecule has 3 rings (SSSR count). The lowest BCUT2D eigenvalue weighted by Crippen LogP contribution is -2.55. The molecule has 0 amide bonds. The molecule has 19 heavy (non-hydrogen) atoms. The first-order chi connectivity index (χ1) is 8.67. The number of fused-ring (bicyclic) bond motifs is 3. The second-order valence-electron chi connectivity index (χ2n) is 5.99. The van der Waals surface area contributed by atoms with Crippen molar-refractivity contribution in [3.63, 3.8) is 0 Å². The summed E-state index contributed by atoms with van der Waals surface area (Å²) in [6, 6.07) is 6.66. The molecule has 0 spiro atoms. The highest BCUT2D eigenvalue weighted by molar-refractivity contribution is 8.93. The summed E-state index contributed by atoms with van der Waals surface area (Å²) in [6.07, 6.45) is 6.15. The van der Waals surface area contributed by atoms with E-state index >= 15 is 0 Å². The molecule has 1 N–H and O–H groups in total. The number of likely N-dealkylation sites (tertiary alicyclic amines) is 1. The molecular weight excluding hydrogens is 302 g/mol. The molecule has 1 aliphatic heterocycles. The van der Waals surface area contributed by atoms with Crippen LogP contribution in [0.3, 0.4) is 0 Å². The van der Waals surface area contributed by atoms with E-state index in [9.17, 15) is 5.11 Å². The highest BCUT2D eigenvalue weighted by atomic mass is 79.9. The molecule has 1 saturated heterocycles. The molecule has 3 heteroatoms. The van der Waals surface area contributed by atoms with E-state index in [1.54, 1.807) is 0 Å². The van der Waals surface area contributed by atoms with E-state index in [1.165, 1.54) is 43.4 Å². The Kier molecular flexibility index (Phi) is 4.26. The Morgan fingerprint density at radius 3 is 2.95 bits per heavy atom. The molecule has 1 aromatic rings. The minimum Gasteiger partial charge on any atom is -0.508 e. The van der Waals surface area contributed by atoms with Crippen LogP contribution in [0.1, 0.15) is 43.7 Å². The zero-order chi connectivity index (χ0) is 12.8. The number of hydrogen-bond acceptors (Lipinski definition) is 2. The number of nitrogens with zero attached hydrogens (tertiary/aromatic N) is 1. The summed E-state index contributed by atoms with van der Waals surface area (Å²) in [4.78, 5) is 2.54. The number of likely N-dealkylation sites (N-methyl/N-ethyl adjacent to an activating group) is 1. The van der Waals surface area contributed by atoms with Gasteiger partial charge >= 0.3 is 0 Å². The SMILES string of the molecule is Br.CC[C@@]12CCCN(C)[C@H]1CCc1ccc(O)cc12. The average Bonchev–Trinajstić information content (AvgIpc) is 2.39. The van der Waals surface area contributed by atoms with Crippen molar-refractivity contribution in [2.75, 3.05) is 13.6 Å². The Labute approximate surface area is 126 Å². The first-order valence-corrected chi connectivity index (χ1v) is 7.20. The maximum Gasteiger partial charge on any atom is 0.115 e. The van der Waals surface area contributed by atoms with E-state index < -0.39 is 0 Å². The van der Waals surface area contributed by atoms with E-state index in [1.807, 2.05) is 12.1 Å². The molecular formula is C16H24BrNO. The third-order valence-electron chi connectivity index (χ3n) is 5.25. The summed E-state index contributed by atoms with van der Waals surface area (Å²) >= 11 is 0. The third kappa shape index (κ3) is 2.21. The average molecular weight is 326 g/mol. The Morgan fingerprint density at radius 1 is 1.42 bits per heavy atom. The van der Waals surface area contributed by atoms with E-state index in [0.29, 0.717) is 11.8 Å². The zero-order valence-corrected chi connectivity index (χ0v) is 13.6. The summed E-state index contributed by atoms with van der Waals surface area (Å²) in [5.41, 5.74) is 3.16. The summed E-state index contributed by atoms with van der Waals surface area (Å²) in [5, 5.41) is 9.84. The molecule has 0 aromatic heterocycles. The quantitative estimate of drug-likeness (QED) is 0.851. The second kappa shape index (κ2) is 5.45. The normalized spacial score (nSPS) is 30.1. The summed E-state index contributed by atoms with van der Waals surface area (Å²) in [7, 11) is 2.27. The Balaban J connectivity index is 0.00000133. The Bertz CT molecular complexity index is 462. The topological polar surface area (TPSA) is 23.5 Å². The van der Waals surface area contributed by atoms with Crippen molar-refractivity contribution < 1.29 is 5.11 Å². The molecule has 2 nitrogen and oxygen atoms in total. The van der Waals surface area contributed by atoms with E-state index in [2.05, 4.69) is 24.9 Å². The number of benzene rings is 1. The van der Waals surface area contributed by atoms with Gasteiger partial charge in [-0.2, -0.15) is 0 Å². The summed E-state index contributed by atoms with van der Waals surface area (Å²) in [5.74, 6) is 0.426. The van der Waals surface area contributed by atoms with Gasteiger partial charge in [-0.05, 0) is 69.0 Å². The fourth-order valence-corrected chi connectivity index (χ4v) is 4.34. The van der Waals surface area contributed by atoms with Gasteiger partial charge in [-0.1, -0.05) is 13.0 Å². The minimum absolute atomic E-state index is 0. The molecule has 0 bridgehead atoms. The van der Waals surface area contributed by atoms with Gasteiger partial charge in [-0.25, -0.2) is 0 Å². The lowest BCUT2D eigenvalue weighted by Gasteiger charge is -2.52. The molecule has 1 heterocycles. The maximum absolute atomic E-state index is 9.84. The van der Waals surface area contributed by atoms with Gasteiger partial charge in [0, 0.05) is 11.5 Å². The van der Waals surface area contributed by atoms with Crippen molar-refractivity contribution in [2.45, 2.75) is 50.5 Å². The molecule has 0 saturated carbocycles. The fraction of sp³-hybridized carbons (Fsp3) is 0.625. The summed E-state index contributed by atoms with van der Waals surface area (Å²) < 4.78 is 0. The molecule has 2 aliphatic rings. The third-order valence-corrected chi connectivity index (χ3v) is 5.25. The van der Waals surface area contributed by atoms with Crippen molar-refractivity contribution >= 4 is 17.0 Å². The second-order valence-corrected chi connectivity index (χ2v) is 5.99. The van der Waals surface area contributed by atoms with E-state index in [-0.39, 0.29) is 22.4 Å². The Hall–Kier alpha value is -0.540. The van der Waals surface area contributed by atoms with Crippen LogP contribution in [0.25, 0.3) is 0 Å². The predicted molar refractivity (Wildman–Crippen MR) is 84.4 cm³/mol. The van der Waals surface area contributed by atoms with Crippen LogP contribution in [0, 0.1) is 0 Å². The predicted octanol–water partition coefficient (Wildman–Crippen LogP) is 3.66. The van der Waals surface area contributed by atoms with Gasteiger partial charge in [-0.3, -0.25) is 0 Å². The number of hydrogen-bond donors (Lipinski definition) is 1. The molecule has 1 fully saturated rings. The van der Waals surface area contributed by atoms with Crippen LogP contribution in [0.15, 0.2) is 18.2 Å². The molecule has 1 aliphatic carbocycles. The van der Waals surface area contributed by atoms with Crippen LogP contribution in [-0.2, 0) is 11.8 Å². The van der Waals surface area contributed by atoms with Crippen LogP contribution < -0.4 is 0 Å². The van der Waals surface area contributed by atoms with Gasteiger partial charge in [0.2, 0.25) is 0 Å². The van der Waals surface area contributed by atoms with Crippen LogP contribution in [0.5, 0.6) is 5.75 Å². The van der Waals surface area contributed by atoms with Crippen molar-refractivity contribution in [3.8, 4) is 5.75 Å². The number of phenols is 1. The smallest absolute Gasteiger partial charge is 0.115 e. The number of piperidine rings is 1. The lowest BCUT2D eigenvalue weighted by atomic mass is 9.61.